The topological polar surface area (TPSA) is 86.0 Å². The molecule has 0 spiro atoms. The van der Waals surface area contributed by atoms with E-state index in [-0.39, 0.29) is 24.2 Å². The highest BCUT2D eigenvalue weighted by Crippen LogP contribution is 2.41. The van der Waals surface area contributed by atoms with Crippen LogP contribution >= 0.6 is 0 Å². The summed E-state index contributed by atoms with van der Waals surface area (Å²) >= 11 is 0. The molecular weight excluding hydrogens is 497 g/mol. The van der Waals surface area contributed by atoms with E-state index < -0.39 is 23.6 Å². The molecule has 1 unspecified atom stereocenters. The van der Waals surface area contributed by atoms with Crippen molar-refractivity contribution in [3.05, 3.63) is 77.9 Å². The second kappa shape index (κ2) is 9.64. The third-order valence-corrected chi connectivity index (χ3v) is 7.21. The number of anilines is 2. The van der Waals surface area contributed by atoms with Gasteiger partial charge >= 0.3 is 6.03 Å². The summed E-state index contributed by atoms with van der Waals surface area (Å²) in [6, 6.07) is 9.17. The fraction of sp³-hybridized carbons (Fsp3) is 0.296. The van der Waals surface area contributed by atoms with Gasteiger partial charge in [0.15, 0.2) is 17.3 Å². The van der Waals surface area contributed by atoms with Gasteiger partial charge < -0.3 is 20.2 Å². The molecule has 2 aromatic carbocycles. The summed E-state index contributed by atoms with van der Waals surface area (Å²) in [5, 5.41) is 16.8. The lowest BCUT2D eigenvalue weighted by molar-refractivity contribution is 0.176. The number of benzene rings is 2. The van der Waals surface area contributed by atoms with Crippen LogP contribution in [-0.4, -0.2) is 56.4 Å². The maximum atomic E-state index is 14.7. The highest BCUT2D eigenvalue weighted by molar-refractivity contribution is 5.93. The summed E-state index contributed by atoms with van der Waals surface area (Å²) in [4.78, 5) is 21.0. The molecule has 2 aliphatic heterocycles. The Morgan fingerprint density at radius 1 is 1.05 bits per heavy atom. The first-order chi connectivity index (χ1) is 18.4. The van der Waals surface area contributed by atoms with Gasteiger partial charge in [-0.05, 0) is 54.7 Å². The fourth-order valence-electron chi connectivity index (χ4n) is 5.36. The summed E-state index contributed by atoms with van der Waals surface area (Å²) in [6.07, 6.45) is 4.69. The van der Waals surface area contributed by atoms with Crippen LogP contribution in [0.25, 0.3) is 16.8 Å². The van der Waals surface area contributed by atoms with Crippen molar-refractivity contribution in [3.8, 4) is 11.1 Å². The van der Waals surface area contributed by atoms with Crippen LogP contribution in [0, 0.1) is 17.5 Å². The molecule has 4 aromatic rings. The van der Waals surface area contributed by atoms with Gasteiger partial charge in [-0.1, -0.05) is 18.2 Å². The summed E-state index contributed by atoms with van der Waals surface area (Å²) in [5.74, 6) is -1.83. The zero-order valence-electron chi connectivity index (χ0n) is 20.3. The number of urea groups is 1. The number of halogens is 3. The third kappa shape index (κ3) is 4.32. The minimum Gasteiger partial charge on any atom is -0.391 e. The van der Waals surface area contributed by atoms with Gasteiger partial charge in [0, 0.05) is 31.4 Å². The molecule has 2 saturated heterocycles. The number of hydrogen-bond acceptors (Lipinski definition) is 5. The molecule has 38 heavy (non-hydrogen) atoms. The van der Waals surface area contributed by atoms with Gasteiger partial charge in [0.1, 0.15) is 17.3 Å². The molecule has 196 valence electrons. The van der Waals surface area contributed by atoms with Crippen LogP contribution in [-0.2, 0) is 0 Å². The number of aliphatic hydroxyl groups is 1. The van der Waals surface area contributed by atoms with Crippen LogP contribution in [0.2, 0.25) is 0 Å². The van der Waals surface area contributed by atoms with Crippen molar-refractivity contribution in [1.82, 2.24) is 19.5 Å². The van der Waals surface area contributed by atoms with Crippen LogP contribution in [0.1, 0.15) is 30.9 Å². The van der Waals surface area contributed by atoms with Crippen LogP contribution in [0.15, 0.2) is 54.9 Å². The lowest BCUT2D eigenvalue weighted by Gasteiger charge is -2.28. The van der Waals surface area contributed by atoms with E-state index in [2.05, 4.69) is 10.4 Å². The maximum Gasteiger partial charge on any atom is 0.322 e. The summed E-state index contributed by atoms with van der Waals surface area (Å²) in [6.45, 7) is 1.35. The monoisotopic (exact) mass is 522 g/mol. The number of carbonyl (C=O) groups excluding carboxylic acids is 1. The number of aliphatic hydroxyl groups excluding tert-OH is 1. The van der Waals surface area contributed by atoms with E-state index >= 15 is 0 Å². The summed E-state index contributed by atoms with van der Waals surface area (Å²) in [5.41, 5.74) is 1.89. The average Bonchev–Trinajstić information content (AvgIpc) is 3.66. The molecule has 8 nitrogen and oxygen atoms in total. The second-order valence-corrected chi connectivity index (χ2v) is 9.62. The van der Waals surface area contributed by atoms with Crippen LogP contribution in [0.4, 0.5) is 29.5 Å². The molecule has 2 atom stereocenters. The number of amides is 2. The van der Waals surface area contributed by atoms with Crippen molar-refractivity contribution in [2.75, 3.05) is 29.9 Å². The molecule has 6 rings (SSSR count). The first kappa shape index (κ1) is 24.2. The molecule has 0 aliphatic carbocycles. The Morgan fingerprint density at radius 2 is 1.92 bits per heavy atom. The number of rotatable bonds is 4. The normalized spacial score (nSPS) is 19.5. The SMILES string of the molecule is O=C(Nc1cnn2ccc(N3CCC[C@@H]3c3cc(F)ccc3-c3cccc(F)c3F)nc12)N1CCC(O)C1. The minimum absolute atomic E-state index is 0.0723. The van der Waals surface area contributed by atoms with E-state index in [9.17, 15) is 23.1 Å². The Bertz CT molecular complexity index is 1530. The number of likely N-dealkylation sites (tertiary alicyclic amines) is 1. The van der Waals surface area contributed by atoms with Gasteiger partial charge in [-0.2, -0.15) is 5.10 Å². The van der Waals surface area contributed by atoms with E-state index in [0.29, 0.717) is 54.2 Å². The van der Waals surface area contributed by atoms with Gasteiger partial charge in [0.25, 0.3) is 0 Å². The number of carbonyl (C=O) groups is 1. The minimum atomic E-state index is -0.977. The first-order valence-electron chi connectivity index (χ1n) is 12.5. The molecule has 4 heterocycles. The average molecular weight is 523 g/mol. The van der Waals surface area contributed by atoms with E-state index in [1.54, 1.807) is 16.8 Å². The van der Waals surface area contributed by atoms with Crippen molar-refractivity contribution in [1.29, 1.82) is 0 Å². The van der Waals surface area contributed by atoms with E-state index in [1.165, 1.54) is 41.4 Å². The van der Waals surface area contributed by atoms with Gasteiger partial charge in [-0.15, -0.1) is 0 Å². The van der Waals surface area contributed by atoms with Crippen molar-refractivity contribution in [2.45, 2.75) is 31.4 Å². The highest BCUT2D eigenvalue weighted by Gasteiger charge is 2.31. The van der Waals surface area contributed by atoms with Crippen LogP contribution in [0.3, 0.4) is 0 Å². The van der Waals surface area contributed by atoms with Gasteiger partial charge in [-0.3, -0.25) is 0 Å². The van der Waals surface area contributed by atoms with Gasteiger partial charge in [0.2, 0.25) is 0 Å². The molecule has 0 radical (unpaired) electrons. The fourth-order valence-corrected chi connectivity index (χ4v) is 5.36. The number of nitrogens with one attached hydrogen (secondary N) is 1. The third-order valence-electron chi connectivity index (χ3n) is 7.21. The number of fused-ring (bicyclic) bond motifs is 1. The molecular formula is C27H25F3N6O2. The molecule has 0 saturated carbocycles. The predicted octanol–water partition coefficient (Wildman–Crippen LogP) is 4.75. The Labute approximate surface area is 216 Å². The molecule has 2 fully saturated rings. The lowest BCUT2D eigenvalue weighted by atomic mass is 9.93. The zero-order chi connectivity index (χ0) is 26.4. The van der Waals surface area contributed by atoms with Crippen molar-refractivity contribution in [3.63, 3.8) is 0 Å². The van der Waals surface area contributed by atoms with Crippen LogP contribution < -0.4 is 10.2 Å². The molecule has 2 aliphatic rings. The highest BCUT2D eigenvalue weighted by atomic mass is 19.2. The number of aromatic nitrogens is 3. The molecule has 2 aromatic heterocycles. The van der Waals surface area contributed by atoms with E-state index in [1.807, 2.05) is 4.90 Å². The Kier molecular flexibility index (Phi) is 6.15. The zero-order valence-corrected chi connectivity index (χ0v) is 20.3. The maximum absolute atomic E-state index is 14.7. The number of hydrogen-bond donors (Lipinski definition) is 2. The largest absolute Gasteiger partial charge is 0.391 e. The molecule has 11 heteroatoms. The Hall–Kier alpha value is -4.12. The Balaban J connectivity index is 1.34. The molecule has 2 N–H and O–H groups in total. The molecule has 0 bridgehead atoms. The second-order valence-electron chi connectivity index (χ2n) is 9.62. The number of β-amino-alcohol motifs (C(OH)–C–C–N with tert-alkyl or cyclic N) is 1. The number of nitrogens with zero attached hydrogens (tertiary/aromatic N) is 5. The molecule has 2 amide bonds. The van der Waals surface area contributed by atoms with E-state index in [0.717, 1.165) is 12.5 Å². The van der Waals surface area contributed by atoms with Crippen molar-refractivity contribution in [2.24, 2.45) is 0 Å². The standard InChI is InChI=1S/C27H25F3N6O2/c28-16-6-7-18(19-3-1-4-21(29)25(19)30)20(13-16)23-5-2-10-35(23)24-9-12-36-26(33-24)22(14-31-36)32-27(38)34-11-8-17(37)15-34/h1,3-4,6-7,9,12-14,17,23,37H,2,5,8,10-11,15H2,(H,32,38)/t17?,23-/m1/s1. The van der Waals surface area contributed by atoms with Crippen molar-refractivity contribution >= 4 is 23.2 Å². The summed E-state index contributed by atoms with van der Waals surface area (Å²) in [7, 11) is 0. The van der Waals surface area contributed by atoms with Gasteiger partial charge in [-0.25, -0.2) is 27.5 Å². The Morgan fingerprint density at radius 3 is 2.74 bits per heavy atom. The van der Waals surface area contributed by atoms with Gasteiger partial charge in [0.05, 0.1) is 18.3 Å². The van der Waals surface area contributed by atoms with E-state index in [4.69, 9.17) is 4.98 Å². The first-order valence-corrected chi connectivity index (χ1v) is 12.5. The quantitative estimate of drug-likeness (QED) is 0.404. The van der Waals surface area contributed by atoms with Crippen LogP contribution in [0.5, 0.6) is 0 Å². The smallest absolute Gasteiger partial charge is 0.322 e. The predicted molar refractivity (Wildman–Crippen MR) is 135 cm³/mol. The lowest BCUT2D eigenvalue weighted by Crippen LogP contribution is -2.33. The van der Waals surface area contributed by atoms with Crippen molar-refractivity contribution < 1.29 is 23.1 Å². The summed E-state index contributed by atoms with van der Waals surface area (Å²) < 4.78 is 44.8.